The van der Waals surface area contributed by atoms with Crippen molar-refractivity contribution < 1.29 is 27.9 Å². The van der Waals surface area contributed by atoms with Crippen molar-refractivity contribution in [3.63, 3.8) is 0 Å². The van der Waals surface area contributed by atoms with Crippen LogP contribution in [0.3, 0.4) is 0 Å². The third-order valence-electron chi connectivity index (χ3n) is 9.55. The summed E-state index contributed by atoms with van der Waals surface area (Å²) in [6, 6.07) is 6.10. The van der Waals surface area contributed by atoms with Crippen molar-refractivity contribution in [2.45, 2.75) is 49.9 Å². The van der Waals surface area contributed by atoms with Crippen LogP contribution in [0.2, 0.25) is 0 Å². The van der Waals surface area contributed by atoms with Crippen LogP contribution in [0, 0.1) is 11.8 Å². The van der Waals surface area contributed by atoms with E-state index in [1.165, 1.54) is 0 Å². The van der Waals surface area contributed by atoms with Crippen LogP contribution in [-0.4, -0.2) is 96.9 Å². The number of piperazine rings is 1. The molecule has 4 atom stereocenters. The van der Waals surface area contributed by atoms with Crippen LogP contribution in [0.4, 0.5) is 13.9 Å². The number of fused-ring (bicyclic) bond motifs is 1. The van der Waals surface area contributed by atoms with Crippen molar-refractivity contribution in [3.8, 4) is 11.3 Å². The first-order chi connectivity index (χ1) is 20.8. The molecule has 2 aromatic rings. The fourth-order valence-corrected chi connectivity index (χ4v) is 7.98. The minimum atomic E-state index is -1.57. The maximum Gasteiger partial charge on any atom is 0.253 e. The Morgan fingerprint density at radius 2 is 1.86 bits per heavy atom. The Labute approximate surface area is 253 Å². The van der Waals surface area contributed by atoms with Gasteiger partial charge >= 0.3 is 0 Å². The molecule has 1 aliphatic carbocycles. The number of ether oxygens (including phenoxy) is 1. The molecule has 230 valence electrons. The van der Waals surface area contributed by atoms with Crippen LogP contribution < -0.4 is 10.2 Å². The van der Waals surface area contributed by atoms with Crippen LogP contribution >= 0.6 is 11.3 Å². The van der Waals surface area contributed by atoms with E-state index in [1.807, 2.05) is 17.5 Å². The first-order valence-electron chi connectivity index (χ1n) is 15.0. The Morgan fingerprint density at radius 3 is 2.53 bits per heavy atom. The van der Waals surface area contributed by atoms with Gasteiger partial charge in [-0.25, -0.2) is 13.8 Å². The summed E-state index contributed by atoms with van der Waals surface area (Å²) in [6.45, 7) is 3.46. The molecule has 0 spiro atoms. The summed E-state index contributed by atoms with van der Waals surface area (Å²) in [6.07, 6.45) is 3.70. The number of anilines is 1. The maximum atomic E-state index is 14.6. The van der Waals surface area contributed by atoms with Gasteiger partial charge in [0.1, 0.15) is 24.8 Å². The molecule has 1 aromatic carbocycles. The number of amides is 1. The number of hydrogen-bond donors (Lipinski definition) is 1. The minimum Gasteiger partial charge on any atom is -0.367 e. The van der Waals surface area contributed by atoms with Gasteiger partial charge in [0.15, 0.2) is 22.9 Å². The van der Waals surface area contributed by atoms with E-state index in [9.17, 15) is 23.2 Å². The number of benzene rings is 1. The van der Waals surface area contributed by atoms with Gasteiger partial charge < -0.3 is 19.9 Å². The summed E-state index contributed by atoms with van der Waals surface area (Å²) in [5.74, 6) is -3.16. The largest absolute Gasteiger partial charge is 0.367 e. The number of rotatable bonds is 8. The molecule has 0 radical (unpaired) electrons. The Hall–Kier alpha value is -3.06. The summed E-state index contributed by atoms with van der Waals surface area (Å²) in [4.78, 5) is 50.8. The highest BCUT2D eigenvalue weighted by atomic mass is 32.1. The number of likely N-dealkylation sites (N-methyl/N-ethyl adjacent to an activating group) is 1. The lowest BCUT2D eigenvalue weighted by molar-refractivity contribution is -0.133. The van der Waals surface area contributed by atoms with Crippen molar-refractivity contribution in [2.24, 2.45) is 11.8 Å². The lowest BCUT2D eigenvalue weighted by atomic mass is 9.78. The van der Waals surface area contributed by atoms with Crippen molar-refractivity contribution >= 4 is 34.4 Å². The van der Waals surface area contributed by atoms with Crippen LogP contribution in [0.25, 0.3) is 11.3 Å². The Kier molecular flexibility index (Phi) is 8.72. The second-order valence-electron chi connectivity index (χ2n) is 12.1. The smallest absolute Gasteiger partial charge is 0.253 e. The number of ketones is 1. The first-order valence-corrected chi connectivity index (χ1v) is 15.9. The van der Waals surface area contributed by atoms with E-state index in [-0.39, 0.29) is 31.2 Å². The zero-order chi connectivity index (χ0) is 30.1. The van der Waals surface area contributed by atoms with Gasteiger partial charge in [0, 0.05) is 55.1 Å². The molecular weight excluding hydrogens is 576 g/mol. The van der Waals surface area contributed by atoms with Gasteiger partial charge in [-0.2, -0.15) is 0 Å². The van der Waals surface area contributed by atoms with Gasteiger partial charge in [-0.15, -0.1) is 11.3 Å². The SMILES string of the molecule is CN1CCN(c2nc(-c3ccc(C(=O)NC(C=O)(C4CCCCC4)N4CC(C(F)=CF)C5OCC(=O)C54)cc3)cs2)CC1. The van der Waals surface area contributed by atoms with Gasteiger partial charge in [-0.3, -0.25) is 19.3 Å². The predicted molar refractivity (Wildman–Crippen MR) is 159 cm³/mol. The van der Waals surface area contributed by atoms with E-state index in [4.69, 9.17) is 9.72 Å². The van der Waals surface area contributed by atoms with E-state index in [0.29, 0.717) is 24.7 Å². The van der Waals surface area contributed by atoms with E-state index in [2.05, 4.69) is 22.2 Å². The molecule has 0 bridgehead atoms. The van der Waals surface area contributed by atoms with Crippen LogP contribution in [0.5, 0.6) is 0 Å². The summed E-state index contributed by atoms with van der Waals surface area (Å²) in [7, 11) is 2.11. The number of carbonyl (C=O) groups is 3. The number of thiazole rings is 1. The summed E-state index contributed by atoms with van der Waals surface area (Å²) >= 11 is 1.60. The number of nitrogens with zero attached hydrogens (tertiary/aromatic N) is 4. The zero-order valence-electron chi connectivity index (χ0n) is 24.2. The van der Waals surface area contributed by atoms with E-state index < -0.39 is 35.5 Å². The summed E-state index contributed by atoms with van der Waals surface area (Å²) in [5.41, 5.74) is 0.471. The molecule has 9 nitrogen and oxygen atoms in total. The van der Waals surface area contributed by atoms with Crippen molar-refractivity contribution in [1.82, 2.24) is 20.1 Å². The molecule has 6 rings (SSSR count). The molecule has 3 saturated heterocycles. The molecule has 4 fully saturated rings. The summed E-state index contributed by atoms with van der Waals surface area (Å²) < 4.78 is 33.5. The zero-order valence-corrected chi connectivity index (χ0v) is 25.0. The Morgan fingerprint density at radius 1 is 1.14 bits per heavy atom. The second kappa shape index (κ2) is 12.5. The highest BCUT2D eigenvalue weighted by Gasteiger charge is 2.60. The van der Waals surface area contributed by atoms with Crippen LogP contribution in [0.1, 0.15) is 42.5 Å². The molecule has 43 heavy (non-hydrogen) atoms. The topological polar surface area (TPSA) is 95.1 Å². The Balaban J connectivity index is 1.25. The van der Waals surface area contributed by atoms with Crippen molar-refractivity contribution in [2.75, 3.05) is 51.3 Å². The van der Waals surface area contributed by atoms with Gasteiger partial charge in [0.25, 0.3) is 5.91 Å². The van der Waals surface area contributed by atoms with Crippen LogP contribution in [0.15, 0.2) is 41.8 Å². The monoisotopic (exact) mass is 613 g/mol. The molecule has 1 amide bonds. The van der Waals surface area contributed by atoms with Gasteiger partial charge in [0.05, 0.1) is 17.7 Å². The quantitative estimate of drug-likeness (QED) is 0.450. The fourth-order valence-electron chi connectivity index (χ4n) is 7.09. The third-order valence-corrected chi connectivity index (χ3v) is 10.4. The van der Waals surface area contributed by atoms with E-state index in [0.717, 1.165) is 61.8 Å². The predicted octanol–water partition coefficient (Wildman–Crippen LogP) is 3.82. The number of carbonyl (C=O) groups excluding carboxylic acids is 3. The summed E-state index contributed by atoms with van der Waals surface area (Å²) in [5, 5.41) is 5.96. The molecule has 12 heteroatoms. The number of aldehydes is 1. The van der Waals surface area contributed by atoms with Crippen molar-refractivity contribution in [1.29, 1.82) is 0 Å². The molecule has 1 aromatic heterocycles. The standard InChI is InChI=1S/C31H37F2N5O4S/c1-36-11-13-37(14-12-36)30-34-25(18-43-30)20-7-9-21(10-8-20)29(41)35-31(19-39,22-5-3-2-4-6-22)38-16-23(24(33)15-32)28-27(38)26(40)17-42-28/h7-10,15,18-19,22-23,27-28H,2-6,11-14,16-17H2,1H3,(H,35,41). The third kappa shape index (κ3) is 5.65. The lowest BCUT2D eigenvalue weighted by Crippen LogP contribution is -2.68. The molecular formula is C31H37F2N5O4S. The number of nitrogens with one attached hydrogen (secondary N) is 1. The average molecular weight is 614 g/mol. The van der Waals surface area contributed by atoms with Gasteiger partial charge in [-0.05, 0) is 32.0 Å². The normalized spacial score (nSPS) is 27.2. The molecule has 1 saturated carbocycles. The molecule has 4 unspecified atom stereocenters. The maximum absolute atomic E-state index is 14.6. The lowest BCUT2D eigenvalue weighted by Gasteiger charge is -2.47. The van der Waals surface area contributed by atoms with Gasteiger partial charge in [-0.1, -0.05) is 31.4 Å². The fraction of sp³-hybridized carbons (Fsp3) is 0.548. The number of Topliss-reactive ketones (excluding diaryl/α,β-unsaturated/α-hetero) is 1. The number of likely N-dealkylation sites (tertiary alicyclic amines) is 1. The first kappa shape index (κ1) is 30.0. The van der Waals surface area contributed by atoms with E-state index in [1.54, 1.807) is 28.4 Å². The van der Waals surface area contributed by atoms with E-state index >= 15 is 0 Å². The van der Waals surface area contributed by atoms with Gasteiger partial charge in [0.2, 0.25) is 0 Å². The molecule has 1 N–H and O–H groups in total. The second-order valence-corrected chi connectivity index (χ2v) is 12.9. The molecule has 3 aliphatic heterocycles. The Bertz CT molecular complexity index is 1370. The molecule has 4 aliphatic rings. The average Bonchev–Trinajstić information content (AvgIpc) is 3.78. The number of aromatic nitrogens is 1. The number of halogens is 2. The van der Waals surface area contributed by atoms with Crippen LogP contribution in [-0.2, 0) is 14.3 Å². The minimum absolute atomic E-state index is 0.114. The highest BCUT2D eigenvalue weighted by Crippen LogP contribution is 2.44. The van der Waals surface area contributed by atoms with Crippen molar-refractivity contribution in [3.05, 3.63) is 47.4 Å². The highest BCUT2D eigenvalue weighted by molar-refractivity contribution is 7.14. The molecule has 4 heterocycles. The number of hydrogen-bond acceptors (Lipinski definition) is 9.